The highest BCUT2D eigenvalue weighted by Gasteiger charge is 2.50. The molecule has 0 atom stereocenters. The van der Waals surface area contributed by atoms with Gasteiger partial charge >= 0.3 is 12.0 Å². The molecule has 2 aliphatic heterocycles. The van der Waals surface area contributed by atoms with Gasteiger partial charge in [-0.3, -0.25) is 4.79 Å². The molecule has 4 rings (SSSR count). The third-order valence-electron chi connectivity index (χ3n) is 5.16. The predicted octanol–water partition coefficient (Wildman–Crippen LogP) is 3.59. The van der Waals surface area contributed by atoms with Crippen molar-refractivity contribution in [2.75, 3.05) is 13.1 Å². The van der Waals surface area contributed by atoms with Crippen LogP contribution in [0.25, 0.3) is 11.3 Å². The fraction of sp³-hybridized carbons (Fsp3) is 0.381. The Kier molecular flexibility index (Phi) is 4.64. The smallest absolute Gasteiger partial charge is 0.410 e. The van der Waals surface area contributed by atoms with Crippen LogP contribution in [-0.4, -0.2) is 45.4 Å². The number of halogens is 3. The molecule has 0 spiro atoms. The molecule has 0 radical (unpaired) electrons. The predicted molar refractivity (Wildman–Crippen MR) is 105 cm³/mol. The first kappa shape index (κ1) is 21.0. The van der Waals surface area contributed by atoms with E-state index in [1.807, 2.05) is 0 Å². The number of nitrogens with two attached hydrogens (primary N) is 1. The van der Waals surface area contributed by atoms with Crippen LogP contribution in [-0.2, 0) is 10.7 Å². The monoisotopic (exact) mass is 434 g/mol. The lowest BCUT2D eigenvalue weighted by atomic mass is 9.96. The molecule has 2 aliphatic rings. The van der Waals surface area contributed by atoms with Gasteiger partial charge in [0.25, 0.3) is 5.91 Å². The maximum atomic E-state index is 15.3. The SMILES string of the molecule is CC(C)(C)OC(=O)N1CC=C(c2cnn3c2C(F)(F)c2cc(F)cc(C(N)=O)c2-3)CC1. The van der Waals surface area contributed by atoms with E-state index in [1.165, 1.54) is 11.1 Å². The van der Waals surface area contributed by atoms with Gasteiger partial charge in [0, 0.05) is 18.7 Å². The Morgan fingerprint density at radius 3 is 2.55 bits per heavy atom. The van der Waals surface area contributed by atoms with Crippen molar-refractivity contribution in [3.05, 3.63) is 52.6 Å². The van der Waals surface area contributed by atoms with Crippen molar-refractivity contribution in [3.63, 3.8) is 0 Å². The molecule has 31 heavy (non-hydrogen) atoms. The van der Waals surface area contributed by atoms with E-state index in [-0.39, 0.29) is 29.9 Å². The summed E-state index contributed by atoms with van der Waals surface area (Å²) in [7, 11) is 0. The van der Waals surface area contributed by atoms with Crippen molar-refractivity contribution in [1.82, 2.24) is 14.7 Å². The van der Waals surface area contributed by atoms with Crippen LogP contribution in [0.1, 0.15) is 54.4 Å². The zero-order chi connectivity index (χ0) is 22.7. The van der Waals surface area contributed by atoms with Gasteiger partial charge in [-0.15, -0.1) is 0 Å². The summed E-state index contributed by atoms with van der Waals surface area (Å²) in [6.45, 7) is 5.75. The van der Waals surface area contributed by atoms with Gasteiger partial charge in [-0.25, -0.2) is 13.9 Å². The number of ether oxygens (including phenoxy) is 1. The number of carbonyl (C=O) groups excluding carboxylic acids is 2. The number of hydrogen-bond acceptors (Lipinski definition) is 4. The Morgan fingerprint density at radius 2 is 1.97 bits per heavy atom. The van der Waals surface area contributed by atoms with Gasteiger partial charge in [-0.2, -0.15) is 13.9 Å². The van der Waals surface area contributed by atoms with E-state index < -0.39 is 40.6 Å². The molecule has 2 aromatic rings. The topological polar surface area (TPSA) is 90.4 Å². The standard InChI is InChI=1S/C21H21F3N4O3/c1-20(2,3)31-19(30)27-6-4-11(5-7-27)14-10-26-28-16-13(18(25)29)8-12(22)9-15(16)21(23,24)17(14)28/h4,8-10H,5-7H2,1-3H3,(H2,25,29). The van der Waals surface area contributed by atoms with Crippen molar-refractivity contribution in [3.8, 4) is 5.69 Å². The summed E-state index contributed by atoms with van der Waals surface area (Å²) >= 11 is 0. The van der Waals surface area contributed by atoms with Crippen molar-refractivity contribution in [1.29, 1.82) is 0 Å². The van der Waals surface area contributed by atoms with Crippen molar-refractivity contribution < 1.29 is 27.5 Å². The lowest BCUT2D eigenvalue weighted by Crippen LogP contribution is -2.39. The first-order valence-electron chi connectivity index (χ1n) is 9.68. The normalized spacial score (nSPS) is 17.1. The van der Waals surface area contributed by atoms with Gasteiger partial charge in [-0.1, -0.05) is 6.08 Å². The molecule has 0 saturated heterocycles. The Morgan fingerprint density at radius 1 is 1.26 bits per heavy atom. The zero-order valence-corrected chi connectivity index (χ0v) is 17.2. The molecule has 2 amide bonds. The van der Waals surface area contributed by atoms with E-state index in [0.29, 0.717) is 18.1 Å². The highest BCUT2D eigenvalue weighted by Crippen LogP contribution is 2.49. The van der Waals surface area contributed by atoms with Gasteiger partial charge in [0.15, 0.2) is 0 Å². The highest BCUT2D eigenvalue weighted by atomic mass is 19.3. The maximum Gasteiger partial charge on any atom is 0.410 e. The molecular weight excluding hydrogens is 413 g/mol. The lowest BCUT2D eigenvalue weighted by molar-refractivity contribution is 0.0269. The first-order valence-corrected chi connectivity index (χ1v) is 9.68. The zero-order valence-electron chi connectivity index (χ0n) is 17.2. The molecule has 0 bridgehead atoms. The van der Waals surface area contributed by atoms with Crippen LogP contribution in [0.5, 0.6) is 0 Å². The molecule has 10 heteroatoms. The summed E-state index contributed by atoms with van der Waals surface area (Å²) < 4.78 is 50.8. The summed E-state index contributed by atoms with van der Waals surface area (Å²) in [6.07, 6.45) is 2.78. The number of alkyl halides is 2. The molecule has 0 saturated carbocycles. The van der Waals surface area contributed by atoms with E-state index in [4.69, 9.17) is 10.5 Å². The number of aromatic nitrogens is 2. The summed E-state index contributed by atoms with van der Waals surface area (Å²) in [5.41, 5.74) is 3.72. The van der Waals surface area contributed by atoms with Crippen LogP contribution < -0.4 is 5.73 Å². The molecule has 2 N–H and O–H groups in total. The fourth-order valence-electron chi connectivity index (χ4n) is 3.84. The number of hydrogen-bond donors (Lipinski definition) is 1. The lowest BCUT2D eigenvalue weighted by Gasteiger charge is -2.29. The molecule has 7 nitrogen and oxygen atoms in total. The number of carbonyl (C=O) groups is 2. The van der Waals surface area contributed by atoms with Gasteiger partial charge in [0.2, 0.25) is 0 Å². The quantitative estimate of drug-likeness (QED) is 0.782. The molecule has 0 unspecified atom stereocenters. The molecule has 3 heterocycles. The van der Waals surface area contributed by atoms with Crippen molar-refractivity contribution >= 4 is 17.6 Å². The van der Waals surface area contributed by atoms with Crippen LogP contribution in [0.15, 0.2) is 24.4 Å². The average molecular weight is 434 g/mol. The first-order chi connectivity index (χ1) is 14.4. The molecule has 0 aliphatic carbocycles. The van der Waals surface area contributed by atoms with Crippen LogP contribution >= 0.6 is 0 Å². The minimum Gasteiger partial charge on any atom is -0.444 e. The Hall–Kier alpha value is -3.30. The van der Waals surface area contributed by atoms with Crippen molar-refractivity contribution in [2.24, 2.45) is 5.73 Å². The second-order valence-electron chi connectivity index (χ2n) is 8.51. The molecule has 1 aromatic heterocycles. The maximum absolute atomic E-state index is 15.3. The minimum atomic E-state index is -3.57. The number of rotatable bonds is 2. The number of amides is 2. The third-order valence-corrected chi connectivity index (χ3v) is 5.16. The van der Waals surface area contributed by atoms with Gasteiger partial charge < -0.3 is 15.4 Å². The van der Waals surface area contributed by atoms with Crippen LogP contribution in [0.3, 0.4) is 0 Å². The van der Waals surface area contributed by atoms with E-state index in [1.54, 1.807) is 26.8 Å². The van der Waals surface area contributed by atoms with Crippen molar-refractivity contribution in [2.45, 2.75) is 38.7 Å². The number of nitrogens with zero attached hydrogens (tertiary/aromatic N) is 3. The summed E-state index contributed by atoms with van der Waals surface area (Å²) in [5, 5.41) is 4.04. The molecule has 164 valence electrons. The Bertz CT molecular complexity index is 1130. The number of benzene rings is 1. The van der Waals surface area contributed by atoms with E-state index in [9.17, 15) is 14.0 Å². The van der Waals surface area contributed by atoms with Crippen LogP contribution in [0, 0.1) is 5.82 Å². The van der Waals surface area contributed by atoms with Gasteiger partial charge in [0.1, 0.15) is 17.1 Å². The molecular formula is C21H21F3N4O3. The number of primary amides is 1. The average Bonchev–Trinajstić information content (AvgIpc) is 3.19. The van der Waals surface area contributed by atoms with E-state index in [0.717, 1.165) is 10.7 Å². The summed E-state index contributed by atoms with van der Waals surface area (Å²) in [6, 6.07) is 1.52. The fourth-order valence-corrected chi connectivity index (χ4v) is 3.84. The summed E-state index contributed by atoms with van der Waals surface area (Å²) in [4.78, 5) is 25.5. The van der Waals surface area contributed by atoms with Crippen LogP contribution in [0.2, 0.25) is 0 Å². The van der Waals surface area contributed by atoms with E-state index >= 15 is 8.78 Å². The third kappa shape index (κ3) is 3.45. The Balaban J connectivity index is 1.70. The second kappa shape index (κ2) is 6.86. The number of fused-ring (bicyclic) bond motifs is 3. The highest BCUT2D eigenvalue weighted by molar-refractivity contribution is 5.98. The molecule has 1 aromatic carbocycles. The van der Waals surface area contributed by atoms with Gasteiger partial charge in [-0.05, 0) is 44.9 Å². The second-order valence-corrected chi connectivity index (χ2v) is 8.51. The minimum absolute atomic E-state index is 0.181. The summed E-state index contributed by atoms with van der Waals surface area (Å²) in [5.74, 6) is -5.58. The van der Waals surface area contributed by atoms with Crippen LogP contribution in [0.4, 0.5) is 18.0 Å². The van der Waals surface area contributed by atoms with E-state index in [2.05, 4.69) is 5.10 Å². The van der Waals surface area contributed by atoms with Gasteiger partial charge in [0.05, 0.1) is 23.0 Å². The Labute approximate surface area is 176 Å². The largest absolute Gasteiger partial charge is 0.444 e. The molecule has 0 fully saturated rings.